The van der Waals surface area contributed by atoms with E-state index in [-0.39, 0.29) is 5.91 Å². The fourth-order valence-corrected chi connectivity index (χ4v) is 1.76. The van der Waals surface area contributed by atoms with Gasteiger partial charge >= 0.3 is 0 Å². The van der Waals surface area contributed by atoms with Gasteiger partial charge in [0.1, 0.15) is 18.2 Å². The van der Waals surface area contributed by atoms with Crippen molar-refractivity contribution in [3.8, 4) is 5.75 Å². The van der Waals surface area contributed by atoms with Crippen LogP contribution in [0, 0.1) is 6.92 Å². The lowest BCUT2D eigenvalue weighted by Gasteiger charge is -2.08. The lowest BCUT2D eigenvalue weighted by molar-refractivity contribution is 0.102. The van der Waals surface area contributed by atoms with Gasteiger partial charge in [0.25, 0.3) is 5.91 Å². The quantitative estimate of drug-likeness (QED) is 0.829. The number of carbonyl (C=O) groups is 1. The van der Waals surface area contributed by atoms with E-state index in [0.717, 1.165) is 5.56 Å². The summed E-state index contributed by atoms with van der Waals surface area (Å²) in [5.74, 6) is 0.952. The van der Waals surface area contributed by atoms with Crippen molar-refractivity contribution in [1.82, 2.24) is 4.98 Å². The molecule has 2 rings (SSSR count). The Balaban J connectivity index is 2.03. The van der Waals surface area contributed by atoms with Gasteiger partial charge in [0.2, 0.25) is 0 Å². The summed E-state index contributed by atoms with van der Waals surface area (Å²) in [5.41, 5.74) is 1.56. The van der Waals surface area contributed by atoms with E-state index in [1.807, 2.05) is 19.1 Å². The van der Waals surface area contributed by atoms with Crippen LogP contribution in [0.3, 0.4) is 0 Å². The minimum atomic E-state index is -0.217. The highest BCUT2D eigenvalue weighted by Crippen LogP contribution is 2.15. The lowest BCUT2D eigenvalue weighted by atomic mass is 10.2. The molecule has 21 heavy (non-hydrogen) atoms. The van der Waals surface area contributed by atoms with Crippen LogP contribution in [0.5, 0.6) is 5.75 Å². The van der Waals surface area contributed by atoms with Crippen LogP contribution >= 0.6 is 0 Å². The number of carbonyl (C=O) groups excluding carboxylic acids is 1. The number of aromatic nitrogens is 1. The molecular weight excluding hydrogens is 268 g/mol. The number of rotatable bonds is 6. The molecule has 1 heterocycles. The first-order valence-corrected chi connectivity index (χ1v) is 6.65. The number of nitrogens with zero attached hydrogens (tertiary/aromatic N) is 1. The molecule has 0 saturated heterocycles. The number of aryl methyl sites for hydroxylation is 1. The first kappa shape index (κ1) is 15.0. The minimum Gasteiger partial charge on any atom is -0.491 e. The molecular formula is C16H18N2O3. The SMILES string of the molecule is COCCOc1cccc(C(=O)Nc2cc(C)ccn2)c1. The molecule has 1 aromatic carbocycles. The molecule has 0 saturated carbocycles. The van der Waals surface area contributed by atoms with Gasteiger partial charge in [-0.15, -0.1) is 0 Å². The van der Waals surface area contributed by atoms with E-state index in [2.05, 4.69) is 10.3 Å². The molecule has 1 aromatic heterocycles. The largest absolute Gasteiger partial charge is 0.491 e. The van der Waals surface area contributed by atoms with Crippen LogP contribution in [0.25, 0.3) is 0 Å². The van der Waals surface area contributed by atoms with Gasteiger partial charge in [-0.25, -0.2) is 4.98 Å². The minimum absolute atomic E-state index is 0.217. The molecule has 0 fully saturated rings. The van der Waals surface area contributed by atoms with E-state index in [0.29, 0.717) is 30.3 Å². The second kappa shape index (κ2) is 7.40. The molecule has 0 unspecified atom stereocenters. The fraction of sp³-hybridized carbons (Fsp3) is 0.250. The highest BCUT2D eigenvalue weighted by atomic mass is 16.5. The highest BCUT2D eigenvalue weighted by Gasteiger charge is 2.08. The number of benzene rings is 1. The highest BCUT2D eigenvalue weighted by molar-refractivity contribution is 6.04. The fourth-order valence-electron chi connectivity index (χ4n) is 1.76. The number of hydrogen-bond acceptors (Lipinski definition) is 4. The third kappa shape index (κ3) is 4.57. The zero-order chi connectivity index (χ0) is 15.1. The second-order valence-electron chi connectivity index (χ2n) is 4.54. The van der Waals surface area contributed by atoms with E-state index < -0.39 is 0 Å². The summed E-state index contributed by atoms with van der Waals surface area (Å²) in [6, 6.07) is 10.7. The van der Waals surface area contributed by atoms with Gasteiger partial charge in [-0.05, 0) is 42.8 Å². The maximum absolute atomic E-state index is 12.2. The van der Waals surface area contributed by atoms with Crippen molar-refractivity contribution in [3.63, 3.8) is 0 Å². The number of nitrogens with one attached hydrogen (secondary N) is 1. The standard InChI is InChI=1S/C16H18N2O3/c1-12-6-7-17-15(10-12)18-16(19)13-4-3-5-14(11-13)21-9-8-20-2/h3-7,10-11H,8-9H2,1-2H3,(H,17,18,19). The normalized spacial score (nSPS) is 10.2. The molecule has 0 bridgehead atoms. The van der Waals surface area contributed by atoms with Crippen LogP contribution in [0.2, 0.25) is 0 Å². The summed E-state index contributed by atoms with van der Waals surface area (Å²) in [4.78, 5) is 16.3. The van der Waals surface area contributed by atoms with Crippen molar-refractivity contribution >= 4 is 11.7 Å². The Morgan fingerprint density at radius 2 is 2.10 bits per heavy atom. The molecule has 0 aliphatic rings. The Bertz CT molecular complexity index is 614. The van der Waals surface area contributed by atoms with Crippen molar-refractivity contribution in [2.45, 2.75) is 6.92 Å². The summed E-state index contributed by atoms with van der Waals surface area (Å²) in [5, 5.41) is 2.76. The molecule has 1 N–H and O–H groups in total. The molecule has 0 radical (unpaired) electrons. The van der Waals surface area contributed by atoms with E-state index in [9.17, 15) is 4.79 Å². The number of hydrogen-bond donors (Lipinski definition) is 1. The Morgan fingerprint density at radius 1 is 1.24 bits per heavy atom. The van der Waals surface area contributed by atoms with E-state index in [4.69, 9.17) is 9.47 Å². The zero-order valence-corrected chi connectivity index (χ0v) is 12.1. The predicted molar refractivity (Wildman–Crippen MR) is 80.7 cm³/mol. The Labute approximate surface area is 123 Å². The average molecular weight is 286 g/mol. The monoisotopic (exact) mass is 286 g/mol. The van der Waals surface area contributed by atoms with E-state index in [1.54, 1.807) is 37.6 Å². The van der Waals surface area contributed by atoms with Crippen LogP contribution in [-0.2, 0) is 4.74 Å². The number of anilines is 1. The molecule has 0 aliphatic heterocycles. The molecule has 0 aliphatic carbocycles. The maximum Gasteiger partial charge on any atom is 0.256 e. The number of pyridine rings is 1. The zero-order valence-electron chi connectivity index (χ0n) is 12.1. The summed E-state index contributed by atoms with van der Waals surface area (Å²) in [7, 11) is 1.61. The van der Waals surface area contributed by atoms with Gasteiger partial charge in [0, 0.05) is 18.9 Å². The van der Waals surface area contributed by atoms with Crippen LogP contribution in [0.1, 0.15) is 15.9 Å². The van der Waals surface area contributed by atoms with E-state index in [1.165, 1.54) is 0 Å². The van der Waals surface area contributed by atoms with Crippen LogP contribution in [0.15, 0.2) is 42.6 Å². The summed E-state index contributed by atoms with van der Waals surface area (Å²) < 4.78 is 10.4. The third-order valence-corrected chi connectivity index (χ3v) is 2.81. The van der Waals surface area contributed by atoms with Gasteiger partial charge in [0.15, 0.2) is 0 Å². The van der Waals surface area contributed by atoms with Gasteiger partial charge in [0.05, 0.1) is 6.61 Å². The van der Waals surface area contributed by atoms with E-state index >= 15 is 0 Å². The molecule has 0 spiro atoms. The predicted octanol–water partition coefficient (Wildman–Crippen LogP) is 2.67. The van der Waals surface area contributed by atoms with Gasteiger partial charge in [-0.1, -0.05) is 6.07 Å². The van der Waals surface area contributed by atoms with Crippen LogP contribution in [0.4, 0.5) is 5.82 Å². The molecule has 5 heteroatoms. The van der Waals surface area contributed by atoms with Gasteiger partial charge < -0.3 is 14.8 Å². The van der Waals surface area contributed by atoms with Crippen molar-refractivity contribution < 1.29 is 14.3 Å². The molecule has 5 nitrogen and oxygen atoms in total. The van der Waals surface area contributed by atoms with Crippen LogP contribution in [-0.4, -0.2) is 31.2 Å². The number of methoxy groups -OCH3 is 1. The van der Waals surface area contributed by atoms with Crippen molar-refractivity contribution in [1.29, 1.82) is 0 Å². The molecule has 1 amide bonds. The van der Waals surface area contributed by atoms with Gasteiger partial charge in [-0.3, -0.25) is 4.79 Å². The maximum atomic E-state index is 12.2. The van der Waals surface area contributed by atoms with Crippen LogP contribution < -0.4 is 10.1 Å². The summed E-state index contributed by atoms with van der Waals surface area (Å²) >= 11 is 0. The topological polar surface area (TPSA) is 60.5 Å². The molecule has 0 atom stereocenters. The summed E-state index contributed by atoms with van der Waals surface area (Å²) in [6.07, 6.45) is 1.66. The van der Waals surface area contributed by atoms with Crippen molar-refractivity contribution in [2.24, 2.45) is 0 Å². The Kier molecular flexibility index (Phi) is 5.29. The summed E-state index contributed by atoms with van der Waals surface area (Å²) in [6.45, 7) is 2.90. The smallest absolute Gasteiger partial charge is 0.256 e. The first-order valence-electron chi connectivity index (χ1n) is 6.65. The second-order valence-corrected chi connectivity index (χ2v) is 4.54. The molecule has 110 valence electrons. The Hall–Kier alpha value is -2.40. The van der Waals surface area contributed by atoms with Crippen molar-refractivity contribution in [3.05, 3.63) is 53.7 Å². The van der Waals surface area contributed by atoms with Gasteiger partial charge in [-0.2, -0.15) is 0 Å². The third-order valence-electron chi connectivity index (χ3n) is 2.81. The lowest BCUT2D eigenvalue weighted by Crippen LogP contribution is -2.13. The molecule has 2 aromatic rings. The average Bonchev–Trinajstić information content (AvgIpc) is 2.48. The Morgan fingerprint density at radius 3 is 2.86 bits per heavy atom. The van der Waals surface area contributed by atoms with Crippen molar-refractivity contribution in [2.75, 3.05) is 25.6 Å². The number of amides is 1. The number of ether oxygens (including phenoxy) is 2. The first-order chi connectivity index (χ1) is 10.2.